The predicted octanol–water partition coefficient (Wildman–Crippen LogP) is 2.77. The summed E-state index contributed by atoms with van der Waals surface area (Å²) in [4.78, 5) is 23.5. The van der Waals surface area contributed by atoms with Crippen LogP contribution >= 0.6 is 0 Å². The van der Waals surface area contributed by atoms with E-state index in [0.717, 1.165) is 43.9 Å². The number of hydrogen-bond acceptors (Lipinski definition) is 5. The summed E-state index contributed by atoms with van der Waals surface area (Å²) in [5, 5.41) is 10.5. The van der Waals surface area contributed by atoms with Crippen LogP contribution in [0.3, 0.4) is 0 Å². The molecule has 1 aliphatic heterocycles. The Morgan fingerprint density at radius 3 is 2.79 bits per heavy atom. The van der Waals surface area contributed by atoms with Gasteiger partial charge in [0.05, 0.1) is 0 Å². The lowest BCUT2D eigenvalue weighted by atomic mass is 10.1. The molecule has 3 aromatic rings. The van der Waals surface area contributed by atoms with E-state index in [1.165, 1.54) is 11.1 Å². The number of nitrogens with one attached hydrogen (secondary N) is 1. The second-order valence-corrected chi connectivity index (χ2v) is 7.00. The fraction of sp³-hybridized carbons (Fsp3) is 0.333. The summed E-state index contributed by atoms with van der Waals surface area (Å²) in [6.45, 7) is 6.78. The molecule has 146 valence electrons. The summed E-state index contributed by atoms with van der Waals surface area (Å²) >= 11 is 0. The third-order valence-electron chi connectivity index (χ3n) is 5.16. The molecule has 2 aromatic heterocycles. The number of aromatic amines is 1. The average molecular weight is 380 g/mol. The van der Waals surface area contributed by atoms with Crippen LogP contribution in [0.4, 0.5) is 5.69 Å². The molecule has 1 aromatic carbocycles. The number of piperazine rings is 1. The van der Waals surface area contributed by atoms with E-state index in [2.05, 4.69) is 44.0 Å². The molecule has 0 atom stereocenters. The van der Waals surface area contributed by atoms with Gasteiger partial charge in [-0.05, 0) is 37.3 Å². The number of carboxylic acids is 1. The SMILES string of the molecule is Cc1ccc(C(=O)O)c(OCCN2CCN(c3cccc4[nH]ccc34)CC2)n1. The molecule has 1 saturated heterocycles. The first-order chi connectivity index (χ1) is 13.6. The first kappa shape index (κ1) is 18.3. The van der Waals surface area contributed by atoms with E-state index < -0.39 is 5.97 Å². The largest absolute Gasteiger partial charge is 0.477 e. The van der Waals surface area contributed by atoms with Crippen LogP contribution in [0, 0.1) is 6.92 Å². The molecule has 0 aliphatic carbocycles. The van der Waals surface area contributed by atoms with Crippen LogP contribution in [0.1, 0.15) is 16.1 Å². The summed E-state index contributed by atoms with van der Waals surface area (Å²) in [6, 6.07) is 11.7. The lowest BCUT2D eigenvalue weighted by molar-refractivity contribution is 0.0690. The van der Waals surface area contributed by atoms with Crippen molar-refractivity contribution in [3.8, 4) is 5.88 Å². The van der Waals surface area contributed by atoms with Gasteiger partial charge in [-0.15, -0.1) is 0 Å². The van der Waals surface area contributed by atoms with Crippen molar-refractivity contribution >= 4 is 22.6 Å². The number of carbonyl (C=O) groups is 1. The second kappa shape index (κ2) is 7.90. The topological polar surface area (TPSA) is 81.7 Å². The maximum absolute atomic E-state index is 11.3. The summed E-state index contributed by atoms with van der Waals surface area (Å²) in [7, 11) is 0. The zero-order valence-electron chi connectivity index (χ0n) is 15.9. The Kier molecular flexibility index (Phi) is 5.16. The number of pyridine rings is 1. The lowest BCUT2D eigenvalue weighted by Gasteiger charge is -2.36. The van der Waals surface area contributed by atoms with Crippen molar-refractivity contribution in [1.29, 1.82) is 0 Å². The zero-order chi connectivity index (χ0) is 19.5. The fourth-order valence-corrected chi connectivity index (χ4v) is 3.63. The van der Waals surface area contributed by atoms with Gasteiger partial charge in [-0.25, -0.2) is 9.78 Å². The van der Waals surface area contributed by atoms with E-state index in [1.54, 1.807) is 12.1 Å². The maximum Gasteiger partial charge on any atom is 0.341 e. The molecule has 1 fully saturated rings. The number of aryl methyl sites for hydroxylation is 1. The number of nitrogens with zero attached hydrogens (tertiary/aromatic N) is 3. The summed E-state index contributed by atoms with van der Waals surface area (Å²) in [6.07, 6.45) is 1.98. The van der Waals surface area contributed by atoms with Crippen LogP contribution in [0.2, 0.25) is 0 Å². The average Bonchev–Trinajstić information content (AvgIpc) is 3.17. The molecule has 0 radical (unpaired) electrons. The molecular formula is C21H24N4O3. The molecule has 4 rings (SSSR count). The van der Waals surface area contributed by atoms with Gasteiger partial charge in [0.15, 0.2) is 0 Å². The van der Waals surface area contributed by atoms with Gasteiger partial charge >= 0.3 is 5.97 Å². The number of hydrogen-bond donors (Lipinski definition) is 2. The maximum atomic E-state index is 11.3. The molecule has 0 amide bonds. The van der Waals surface area contributed by atoms with Crippen molar-refractivity contribution in [2.75, 3.05) is 44.2 Å². The fourth-order valence-electron chi connectivity index (χ4n) is 3.63. The number of aromatic carboxylic acids is 1. The van der Waals surface area contributed by atoms with Crippen molar-refractivity contribution in [2.45, 2.75) is 6.92 Å². The van der Waals surface area contributed by atoms with Gasteiger partial charge in [0.25, 0.3) is 0 Å². The van der Waals surface area contributed by atoms with Crippen LogP contribution < -0.4 is 9.64 Å². The van der Waals surface area contributed by atoms with Crippen LogP contribution in [-0.2, 0) is 0 Å². The predicted molar refractivity (Wildman–Crippen MR) is 108 cm³/mol. The van der Waals surface area contributed by atoms with Gasteiger partial charge < -0.3 is 19.7 Å². The first-order valence-electron chi connectivity index (χ1n) is 9.49. The smallest absolute Gasteiger partial charge is 0.341 e. The number of benzene rings is 1. The van der Waals surface area contributed by atoms with Crippen molar-refractivity contribution < 1.29 is 14.6 Å². The van der Waals surface area contributed by atoms with E-state index in [1.807, 2.05) is 13.1 Å². The highest BCUT2D eigenvalue weighted by molar-refractivity contribution is 5.92. The van der Waals surface area contributed by atoms with E-state index >= 15 is 0 Å². The lowest BCUT2D eigenvalue weighted by Crippen LogP contribution is -2.47. The highest BCUT2D eigenvalue weighted by atomic mass is 16.5. The van der Waals surface area contributed by atoms with Crippen molar-refractivity contribution in [1.82, 2.24) is 14.9 Å². The summed E-state index contributed by atoms with van der Waals surface area (Å²) in [5.74, 6) is -0.819. The Morgan fingerprint density at radius 1 is 1.18 bits per heavy atom. The van der Waals surface area contributed by atoms with Crippen molar-refractivity contribution in [2.24, 2.45) is 0 Å². The molecule has 7 heteroatoms. The van der Waals surface area contributed by atoms with Crippen LogP contribution in [0.5, 0.6) is 5.88 Å². The minimum atomic E-state index is -1.02. The standard InChI is InChI=1S/C21H24N4O3/c1-15-5-6-17(21(26)27)20(23-15)28-14-13-24-9-11-25(12-10-24)19-4-2-3-18-16(19)7-8-22-18/h2-8,22H,9-14H2,1H3,(H,26,27). The molecule has 0 spiro atoms. The number of aromatic nitrogens is 2. The number of fused-ring (bicyclic) bond motifs is 1. The number of carboxylic acid groups (broad SMARTS) is 1. The number of rotatable bonds is 6. The molecule has 1 aliphatic rings. The van der Waals surface area contributed by atoms with E-state index in [9.17, 15) is 9.90 Å². The molecule has 0 bridgehead atoms. The molecule has 2 N–H and O–H groups in total. The Balaban J connectivity index is 1.31. The summed E-state index contributed by atoms with van der Waals surface area (Å²) < 4.78 is 5.69. The number of H-pyrrole nitrogens is 1. The van der Waals surface area contributed by atoms with Crippen molar-refractivity contribution in [3.63, 3.8) is 0 Å². The second-order valence-electron chi connectivity index (χ2n) is 7.00. The third-order valence-corrected chi connectivity index (χ3v) is 5.16. The Bertz CT molecular complexity index is 977. The van der Waals surface area contributed by atoms with Gasteiger partial charge in [0.2, 0.25) is 5.88 Å². The molecule has 7 nitrogen and oxygen atoms in total. The quantitative estimate of drug-likeness (QED) is 0.684. The molecule has 0 unspecified atom stereocenters. The Labute approximate surface area is 163 Å². The van der Waals surface area contributed by atoms with Gasteiger partial charge in [0, 0.05) is 61.2 Å². The Morgan fingerprint density at radius 2 is 2.00 bits per heavy atom. The first-order valence-corrected chi connectivity index (χ1v) is 9.49. The minimum Gasteiger partial charge on any atom is -0.477 e. The van der Waals surface area contributed by atoms with Gasteiger partial charge in [-0.3, -0.25) is 4.90 Å². The number of ether oxygens (including phenoxy) is 1. The van der Waals surface area contributed by atoms with Crippen molar-refractivity contribution in [3.05, 3.63) is 53.9 Å². The van der Waals surface area contributed by atoms with E-state index in [-0.39, 0.29) is 11.4 Å². The molecular weight excluding hydrogens is 356 g/mol. The van der Waals surface area contributed by atoms with E-state index in [0.29, 0.717) is 6.61 Å². The third kappa shape index (κ3) is 3.80. The van der Waals surface area contributed by atoms with Crippen LogP contribution in [0.25, 0.3) is 10.9 Å². The highest BCUT2D eigenvalue weighted by Gasteiger charge is 2.19. The summed E-state index contributed by atoms with van der Waals surface area (Å²) in [5.41, 5.74) is 3.28. The van der Waals surface area contributed by atoms with Gasteiger partial charge in [-0.2, -0.15) is 0 Å². The van der Waals surface area contributed by atoms with Crippen LogP contribution in [-0.4, -0.2) is 65.3 Å². The zero-order valence-corrected chi connectivity index (χ0v) is 15.9. The molecule has 3 heterocycles. The molecule has 0 saturated carbocycles. The van der Waals surface area contributed by atoms with Gasteiger partial charge in [-0.1, -0.05) is 6.07 Å². The minimum absolute atomic E-state index is 0.106. The molecule has 28 heavy (non-hydrogen) atoms. The van der Waals surface area contributed by atoms with E-state index in [4.69, 9.17) is 4.74 Å². The monoisotopic (exact) mass is 380 g/mol. The highest BCUT2D eigenvalue weighted by Crippen LogP contribution is 2.27. The number of anilines is 1. The Hall–Kier alpha value is -3.06. The van der Waals surface area contributed by atoms with Crippen LogP contribution in [0.15, 0.2) is 42.6 Å². The normalized spacial score (nSPS) is 15.1. The van der Waals surface area contributed by atoms with Gasteiger partial charge in [0.1, 0.15) is 12.2 Å².